The van der Waals surface area contributed by atoms with Crippen LogP contribution in [0.4, 0.5) is 0 Å². The van der Waals surface area contributed by atoms with Crippen molar-refractivity contribution in [1.29, 1.82) is 0 Å². The Hall–Kier alpha value is -1.43. The summed E-state index contributed by atoms with van der Waals surface area (Å²) in [5.74, 6) is 2.09. The summed E-state index contributed by atoms with van der Waals surface area (Å²) in [5.41, 5.74) is 5.96. The highest BCUT2D eigenvalue weighted by Gasteiger charge is 2.28. The molecule has 6 nitrogen and oxygen atoms in total. The lowest BCUT2D eigenvalue weighted by Gasteiger charge is -2.26. The summed E-state index contributed by atoms with van der Waals surface area (Å²) in [6, 6.07) is 0.0900. The quantitative estimate of drug-likeness (QED) is 0.860. The predicted octanol–water partition coefficient (Wildman–Crippen LogP) is 0.919. The Balaban J connectivity index is 1.63. The van der Waals surface area contributed by atoms with Gasteiger partial charge in [0.2, 0.25) is 5.91 Å². The Bertz CT molecular complexity index is 498. The van der Waals surface area contributed by atoms with Gasteiger partial charge in [0, 0.05) is 24.9 Å². The van der Waals surface area contributed by atoms with Gasteiger partial charge in [-0.2, -0.15) is 0 Å². The lowest BCUT2D eigenvalue weighted by atomic mass is 9.85. The molecule has 2 heterocycles. The summed E-state index contributed by atoms with van der Waals surface area (Å²) in [6.07, 6.45) is 5.95. The monoisotopic (exact) mass is 277 g/mol. The standard InChI is InChI=1S/C14H23N5O/c1-9(13-18-17-12-6-3-7-19(12)13)16-14(20)10-4-2-5-11(15)8-10/h9-11H,2-8,15H2,1H3,(H,16,20). The van der Waals surface area contributed by atoms with Crippen molar-refractivity contribution >= 4 is 5.91 Å². The van der Waals surface area contributed by atoms with Crippen LogP contribution >= 0.6 is 0 Å². The average molecular weight is 277 g/mol. The van der Waals surface area contributed by atoms with E-state index in [1.807, 2.05) is 6.92 Å². The highest BCUT2D eigenvalue weighted by molar-refractivity contribution is 5.79. The third-order valence-corrected chi connectivity index (χ3v) is 4.47. The van der Waals surface area contributed by atoms with Crippen molar-refractivity contribution in [3.63, 3.8) is 0 Å². The molecule has 2 aliphatic rings. The smallest absolute Gasteiger partial charge is 0.223 e. The van der Waals surface area contributed by atoms with Crippen LogP contribution in [-0.2, 0) is 17.8 Å². The molecule has 0 bridgehead atoms. The molecule has 3 atom stereocenters. The minimum absolute atomic E-state index is 0.0576. The van der Waals surface area contributed by atoms with Gasteiger partial charge in [0.1, 0.15) is 5.82 Å². The number of fused-ring (bicyclic) bond motifs is 1. The van der Waals surface area contributed by atoms with E-state index >= 15 is 0 Å². The van der Waals surface area contributed by atoms with E-state index < -0.39 is 0 Å². The van der Waals surface area contributed by atoms with Crippen LogP contribution < -0.4 is 11.1 Å². The van der Waals surface area contributed by atoms with E-state index in [2.05, 4.69) is 20.1 Å². The molecule has 1 aliphatic carbocycles. The van der Waals surface area contributed by atoms with Crippen molar-refractivity contribution in [1.82, 2.24) is 20.1 Å². The Morgan fingerprint density at radius 3 is 3.05 bits per heavy atom. The van der Waals surface area contributed by atoms with Crippen molar-refractivity contribution in [2.45, 2.75) is 64.1 Å². The molecule has 1 aromatic heterocycles. The maximum atomic E-state index is 12.3. The second kappa shape index (κ2) is 5.52. The molecule has 0 spiro atoms. The fraction of sp³-hybridized carbons (Fsp3) is 0.786. The lowest BCUT2D eigenvalue weighted by Crippen LogP contribution is -2.39. The zero-order valence-corrected chi connectivity index (χ0v) is 12.0. The predicted molar refractivity (Wildman–Crippen MR) is 74.8 cm³/mol. The number of aromatic nitrogens is 3. The summed E-state index contributed by atoms with van der Waals surface area (Å²) in [6.45, 7) is 2.95. The van der Waals surface area contributed by atoms with Crippen LogP contribution in [0, 0.1) is 5.92 Å². The molecule has 6 heteroatoms. The van der Waals surface area contributed by atoms with Gasteiger partial charge in [-0.15, -0.1) is 10.2 Å². The Morgan fingerprint density at radius 2 is 2.25 bits per heavy atom. The third-order valence-electron chi connectivity index (χ3n) is 4.47. The molecule has 3 N–H and O–H groups in total. The Kier molecular flexibility index (Phi) is 3.74. The Labute approximate surface area is 119 Å². The summed E-state index contributed by atoms with van der Waals surface area (Å²) in [4.78, 5) is 12.3. The molecule has 1 amide bonds. The molecule has 20 heavy (non-hydrogen) atoms. The van der Waals surface area contributed by atoms with E-state index in [9.17, 15) is 4.79 Å². The van der Waals surface area contributed by atoms with E-state index in [0.717, 1.165) is 56.7 Å². The fourth-order valence-electron chi connectivity index (χ4n) is 3.35. The van der Waals surface area contributed by atoms with Crippen molar-refractivity contribution in [2.75, 3.05) is 0 Å². The molecular weight excluding hydrogens is 254 g/mol. The normalized spacial score (nSPS) is 27.1. The molecule has 1 aliphatic heterocycles. The van der Waals surface area contributed by atoms with Crippen molar-refractivity contribution in [3.8, 4) is 0 Å². The lowest BCUT2D eigenvalue weighted by molar-refractivity contribution is -0.126. The number of hydrogen-bond donors (Lipinski definition) is 2. The molecule has 0 aromatic carbocycles. The number of amides is 1. The SMILES string of the molecule is CC(NC(=O)C1CCCC(N)C1)c1nnc2n1CCC2. The highest BCUT2D eigenvalue weighted by atomic mass is 16.1. The van der Waals surface area contributed by atoms with Crippen molar-refractivity contribution in [3.05, 3.63) is 11.6 Å². The van der Waals surface area contributed by atoms with Gasteiger partial charge in [0.25, 0.3) is 0 Å². The first kappa shape index (κ1) is 13.5. The first-order valence-electron chi connectivity index (χ1n) is 7.63. The van der Waals surface area contributed by atoms with Gasteiger partial charge in [-0.25, -0.2) is 0 Å². The molecule has 3 unspecified atom stereocenters. The van der Waals surface area contributed by atoms with E-state index in [1.54, 1.807) is 0 Å². The third kappa shape index (κ3) is 2.57. The molecular formula is C14H23N5O. The first-order chi connectivity index (χ1) is 9.65. The van der Waals surface area contributed by atoms with E-state index in [4.69, 9.17) is 5.73 Å². The minimum Gasteiger partial charge on any atom is -0.346 e. The van der Waals surface area contributed by atoms with Crippen LogP contribution in [0.2, 0.25) is 0 Å². The largest absolute Gasteiger partial charge is 0.346 e. The van der Waals surface area contributed by atoms with Gasteiger partial charge in [0.05, 0.1) is 6.04 Å². The van der Waals surface area contributed by atoms with Crippen LogP contribution in [-0.4, -0.2) is 26.7 Å². The van der Waals surface area contributed by atoms with Crippen LogP contribution in [0.5, 0.6) is 0 Å². The van der Waals surface area contributed by atoms with Gasteiger partial charge < -0.3 is 15.6 Å². The van der Waals surface area contributed by atoms with E-state index in [0.29, 0.717) is 0 Å². The number of carbonyl (C=O) groups is 1. The number of hydrogen-bond acceptors (Lipinski definition) is 4. The first-order valence-corrected chi connectivity index (χ1v) is 7.63. The maximum Gasteiger partial charge on any atom is 0.223 e. The van der Waals surface area contributed by atoms with Crippen LogP contribution in [0.25, 0.3) is 0 Å². The fourth-order valence-corrected chi connectivity index (χ4v) is 3.35. The molecule has 1 saturated carbocycles. The molecule has 110 valence electrons. The van der Waals surface area contributed by atoms with Crippen LogP contribution in [0.15, 0.2) is 0 Å². The van der Waals surface area contributed by atoms with Gasteiger partial charge in [-0.05, 0) is 32.6 Å². The number of rotatable bonds is 3. The zero-order valence-electron chi connectivity index (χ0n) is 12.0. The van der Waals surface area contributed by atoms with Crippen molar-refractivity contribution < 1.29 is 4.79 Å². The second-order valence-electron chi connectivity index (χ2n) is 6.08. The number of nitrogens with one attached hydrogen (secondary N) is 1. The molecule has 1 fully saturated rings. The maximum absolute atomic E-state index is 12.3. The van der Waals surface area contributed by atoms with Crippen LogP contribution in [0.3, 0.4) is 0 Å². The number of nitrogens with two attached hydrogens (primary N) is 1. The second-order valence-corrected chi connectivity index (χ2v) is 6.08. The number of carbonyl (C=O) groups excluding carboxylic acids is 1. The topological polar surface area (TPSA) is 85.8 Å². The van der Waals surface area contributed by atoms with Crippen molar-refractivity contribution in [2.24, 2.45) is 11.7 Å². The summed E-state index contributed by atoms with van der Waals surface area (Å²) >= 11 is 0. The average Bonchev–Trinajstić information content (AvgIpc) is 3.00. The van der Waals surface area contributed by atoms with Gasteiger partial charge >= 0.3 is 0 Å². The summed E-state index contributed by atoms with van der Waals surface area (Å²) < 4.78 is 2.14. The number of aryl methyl sites for hydroxylation is 1. The minimum atomic E-state index is -0.0833. The molecule has 0 radical (unpaired) electrons. The Morgan fingerprint density at radius 1 is 1.40 bits per heavy atom. The molecule has 0 saturated heterocycles. The highest BCUT2D eigenvalue weighted by Crippen LogP contribution is 2.25. The van der Waals surface area contributed by atoms with E-state index in [-0.39, 0.29) is 23.9 Å². The number of nitrogens with zero attached hydrogens (tertiary/aromatic N) is 3. The van der Waals surface area contributed by atoms with Gasteiger partial charge in [-0.1, -0.05) is 6.42 Å². The van der Waals surface area contributed by atoms with E-state index in [1.165, 1.54) is 0 Å². The van der Waals surface area contributed by atoms with Crippen LogP contribution in [0.1, 0.15) is 56.7 Å². The summed E-state index contributed by atoms with van der Waals surface area (Å²) in [5, 5.41) is 11.5. The molecule has 3 rings (SSSR count). The van der Waals surface area contributed by atoms with Gasteiger partial charge in [0.15, 0.2) is 5.82 Å². The molecule has 1 aromatic rings. The zero-order chi connectivity index (χ0) is 14.1. The summed E-state index contributed by atoms with van der Waals surface area (Å²) in [7, 11) is 0. The van der Waals surface area contributed by atoms with Gasteiger partial charge in [-0.3, -0.25) is 4.79 Å².